The first-order valence-electron chi connectivity index (χ1n) is 5.87. The Labute approximate surface area is 106 Å². The molecule has 2 N–H and O–H groups in total. The van der Waals surface area contributed by atoms with Gasteiger partial charge in [0.15, 0.2) is 5.65 Å². The number of alkyl halides is 2. The van der Waals surface area contributed by atoms with Crippen LogP contribution in [0, 0.1) is 0 Å². The molecule has 3 rings (SSSR count). The van der Waals surface area contributed by atoms with Crippen LogP contribution < -0.4 is 10.9 Å². The quantitative estimate of drug-likeness (QED) is 0.839. The van der Waals surface area contributed by atoms with Crippen molar-refractivity contribution in [3.05, 3.63) is 33.9 Å². The first-order chi connectivity index (χ1) is 9.15. The maximum absolute atomic E-state index is 12.6. The van der Waals surface area contributed by atoms with Crippen LogP contribution in [0.3, 0.4) is 0 Å². The molecule has 0 amide bonds. The number of aromatic nitrogens is 3. The van der Waals surface area contributed by atoms with Gasteiger partial charge in [-0.05, 0) is 6.07 Å². The van der Waals surface area contributed by atoms with E-state index >= 15 is 0 Å². The van der Waals surface area contributed by atoms with Crippen LogP contribution in [0.1, 0.15) is 23.9 Å². The summed E-state index contributed by atoms with van der Waals surface area (Å²) in [5.74, 6) is 0.503. The van der Waals surface area contributed by atoms with Gasteiger partial charge in [-0.15, -0.1) is 0 Å². The fourth-order valence-electron chi connectivity index (χ4n) is 2.06. The number of pyridine rings is 1. The molecule has 1 atom stereocenters. The number of aromatic amines is 1. The number of H-pyrrole nitrogens is 1. The van der Waals surface area contributed by atoms with Crippen molar-refractivity contribution in [3.63, 3.8) is 0 Å². The number of morpholine rings is 1. The second kappa shape index (κ2) is 4.71. The highest BCUT2D eigenvalue weighted by Crippen LogP contribution is 2.19. The van der Waals surface area contributed by atoms with Crippen molar-refractivity contribution in [2.45, 2.75) is 12.5 Å². The summed E-state index contributed by atoms with van der Waals surface area (Å²) in [6.07, 6.45) is -2.69. The Morgan fingerprint density at radius 1 is 1.47 bits per heavy atom. The third-order valence-corrected chi connectivity index (χ3v) is 3.00. The highest BCUT2D eigenvalue weighted by molar-refractivity contribution is 5.41. The molecule has 6 nitrogen and oxygen atoms in total. The first-order valence-corrected chi connectivity index (χ1v) is 5.87. The fraction of sp³-hybridized carbons (Fsp3) is 0.455. The average Bonchev–Trinajstić information content (AvgIpc) is 2.84. The second-order valence-electron chi connectivity index (χ2n) is 4.31. The minimum absolute atomic E-state index is 0.164. The molecule has 0 radical (unpaired) electrons. The summed E-state index contributed by atoms with van der Waals surface area (Å²) in [7, 11) is 0. The Bertz CT molecular complexity index is 646. The van der Waals surface area contributed by atoms with E-state index in [0.29, 0.717) is 25.6 Å². The second-order valence-corrected chi connectivity index (χ2v) is 4.31. The van der Waals surface area contributed by atoms with Gasteiger partial charge >= 0.3 is 0 Å². The third-order valence-electron chi connectivity index (χ3n) is 3.00. The Morgan fingerprint density at radius 2 is 2.32 bits per heavy atom. The number of nitrogens with one attached hydrogen (secondary N) is 2. The zero-order valence-electron chi connectivity index (χ0n) is 9.90. The largest absolute Gasteiger partial charge is 0.378 e. The van der Waals surface area contributed by atoms with Gasteiger partial charge in [-0.2, -0.15) is 0 Å². The van der Waals surface area contributed by atoms with Gasteiger partial charge in [-0.1, -0.05) is 0 Å². The van der Waals surface area contributed by atoms with Crippen LogP contribution in [0.5, 0.6) is 0 Å². The Kier molecular flexibility index (Phi) is 3.03. The van der Waals surface area contributed by atoms with Gasteiger partial charge in [0, 0.05) is 18.2 Å². The van der Waals surface area contributed by atoms with E-state index in [4.69, 9.17) is 4.74 Å². The van der Waals surface area contributed by atoms with E-state index in [1.54, 1.807) is 0 Å². The number of fused-ring (bicyclic) bond motifs is 1. The molecule has 8 heteroatoms. The first kappa shape index (κ1) is 12.2. The molecule has 1 aliphatic rings. The molecule has 102 valence electrons. The predicted molar refractivity (Wildman–Crippen MR) is 62.3 cm³/mol. The molecule has 1 saturated heterocycles. The molecule has 2 aromatic heterocycles. The van der Waals surface area contributed by atoms with Crippen molar-refractivity contribution >= 4 is 5.65 Å². The normalized spacial score (nSPS) is 20.3. The van der Waals surface area contributed by atoms with Crippen LogP contribution in [0.4, 0.5) is 8.78 Å². The van der Waals surface area contributed by atoms with Gasteiger partial charge in [-0.3, -0.25) is 9.89 Å². The summed E-state index contributed by atoms with van der Waals surface area (Å²) in [6.45, 7) is 1.72. The van der Waals surface area contributed by atoms with Crippen molar-refractivity contribution < 1.29 is 13.5 Å². The van der Waals surface area contributed by atoms with Gasteiger partial charge < -0.3 is 10.1 Å². The van der Waals surface area contributed by atoms with Crippen molar-refractivity contribution in [2.24, 2.45) is 0 Å². The molecule has 3 heterocycles. The maximum atomic E-state index is 12.6. The monoisotopic (exact) mass is 270 g/mol. The van der Waals surface area contributed by atoms with E-state index in [9.17, 15) is 13.6 Å². The zero-order chi connectivity index (χ0) is 13.4. The Morgan fingerprint density at radius 3 is 3.00 bits per heavy atom. The number of ether oxygens (including phenoxy) is 1. The summed E-state index contributed by atoms with van der Waals surface area (Å²) in [5, 5.41) is 5.98. The molecule has 2 aromatic rings. The van der Waals surface area contributed by atoms with Gasteiger partial charge in [0.2, 0.25) is 0 Å². The molecule has 0 bridgehead atoms. The topological polar surface area (TPSA) is 71.4 Å². The van der Waals surface area contributed by atoms with E-state index in [0.717, 1.165) is 10.6 Å². The molecule has 1 fully saturated rings. The lowest BCUT2D eigenvalue weighted by molar-refractivity contribution is 0.0743. The third kappa shape index (κ3) is 2.24. The van der Waals surface area contributed by atoms with E-state index in [-0.39, 0.29) is 17.3 Å². The molecule has 0 aliphatic carbocycles. The molecule has 1 unspecified atom stereocenters. The lowest BCUT2D eigenvalue weighted by Gasteiger charge is -2.21. The lowest BCUT2D eigenvalue weighted by atomic mass is 10.2. The van der Waals surface area contributed by atoms with Gasteiger partial charge in [0.25, 0.3) is 12.0 Å². The average molecular weight is 270 g/mol. The van der Waals surface area contributed by atoms with Crippen LogP contribution in [-0.4, -0.2) is 34.4 Å². The highest BCUT2D eigenvalue weighted by Gasteiger charge is 2.20. The predicted octanol–water partition coefficient (Wildman–Crippen LogP) is 0.621. The van der Waals surface area contributed by atoms with Gasteiger partial charge in [0.05, 0.1) is 19.3 Å². The SMILES string of the molecule is O=c1cc(C(F)F)cc2nc(C3COCCN3)[nH]n12. The highest BCUT2D eigenvalue weighted by atomic mass is 19.3. The Hall–Kier alpha value is -1.80. The Balaban J connectivity index is 2.04. The number of hydrogen-bond donors (Lipinski definition) is 2. The molecule has 0 aromatic carbocycles. The van der Waals surface area contributed by atoms with E-state index in [1.165, 1.54) is 6.07 Å². The zero-order valence-corrected chi connectivity index (χ0v) is 9.90. The number of rotatable bonds is 2. The standard InChI is InChI=1S/C11H12F2N4O2/c12-10(13)6-3-8-15-11(7-5-19-2-1-14-7)16-17(8)9(18)4-6/h3-4,7,10,14H,1-2,5H2,(H,15,16). The summed E-state index contributed by atoms with van der Waals surface area (Å²) < 4.78 is 31.7. The lowest BCUT2D eigenvalue weighted by Crippen LogP contribution is -2.35. The van der Waals surface area contributed by atoms with Crippen LogP contribution in [0.15, 0.2) is 16.9 Å². The summed E-state index contributed by atoms with van der Waals surface area (Å²) in [4.78, 5) is 15.9. The molecular weight excluding hydrogens is 258 g/mol. The minimum atomic E-state index is -2.69. The molecule has 19 heavy (non-hydrogen) atoms. The molecular formula is C11H12F2N4O2. The van der Waals surface area contributed by atoms with Crippen molar-refractivity contribution in [2.75, 3.05) is 19.8 Å². The maximum Gasteiger partial charge on any atom is 0.271 e. The minimum Gasteiger partial charge on any atom is -0.378 e. The molecule has 0 saturated carbocycles. The summed E-state index contributed by atoms with van der Waals surface area (Å²) in [6, 6.07) is 1.95. The molecule has 1 aliphatic heterocycles. The van der Waals surface area contributed by atoms with Crippen molar-refractivity contribution in [1.82, 2.24) is 19.9 Å². The van der Waals surface area contributed by atoms with Gasteiger partial charge in [0.1, 0.15) is 5.82 Å². The van der Waals surface area contributed by atoms with Crippen LogP contribution in [0.25, 0.3) is 5.65 Å². The number of halogens is 2. The summed E-state index contributed by atoms with van der Waals surface area (Å²) >= 11 is 0. The smallest absolute Gasteiger partial charge is 0.271 e. The number of hydrogen-bond acceptors (Lipinski definition) is 4. The van der Waals surface area contributed by atoms with Crippen molar-refractivity contribution in [3.8, 4) is 0 Å². The van der Waals surface area contributed by atoms with Crippen LogP contribution in [-0.2, 0) is 4.74 Å². The van der Waals surface area contributed by atoms with Crippen LogP contribution >= 0.6 is 0 Å². The number of nitrogens with zero attached hydrogens (tertiary/aromatic N) is 2. The summed E-state index contributed by atoms with van der Waals surface area (Å²) in [5.41, 5.74) is -0.690. The van der Waals surface area contributed by atoms with Crippen molar-refractivity contribution in [1.29, 1.82) is 0 Å². The van der Waals surface area contributed by atoms with E-state index in [1.807, 2.05) is 0 Å². The van der Waals surface area contributed by atoms with E-state index in [2.05, 4.69) is 15.4 Å². The van der Waals surface area contributed by atoms with Gasteiger partial charge in [-0.25, -0.2) is 18.3 Å². The fourth-order valence-corrected chi connectivity index (χ4v) is 2.06. The molecule has 0 spiro atoms. The van der Waals surface area contributed by atoms with Crippen LogP contribution in [0.2, 0.25) is 0 Å². The van der Waals surface area contributed by atoms with E-state index < -0.39 is 12.0 Å².